The van der Waals surface area contributed by atoms with Crippen molar-refractivity contribution in [2.45, 2.75) is 0 Å². The fourth-order valence-electron chi connectivity index (χ4n) is 3.89. The normalized spacial score (nSPS) is 15.3. The van der Waals surface area contributed by atoms with Crippen LogP contribution in [0.5, 0.6) is 11.5 Å². The van der Waals surface area contributed by atoms with E-state index < -0.39 is 5.97 Å². The lowest BCUT2D eigenvalue weighted by atomic mass is 10.1. The van der Waals surface area contributed by atoms with Crippen LogP contribution in [0.4, 0.5) is 11.4 Å². The van der Waals surface area contributed by atoms with E-state index in [0.717, 1.165) is 5.56 Å². The summed E-state index contributed by atoms with van der Waals surface area (Å²) in [7, 11) is 3.12. The van der Waals surface area contributed by atoms with Crippen molar-refractivity contribution in [2.24, 2.45) is 4.99 Å². The van der Waals surface area contributed by atoms with Crippen LogP contribution in [-0.2, 0) is 4.79 Å². The summed E-state index contributed by atoms with van der Waals surface area (Å²) < 4.78 is 16.9. The van der Waals surface area contributed by atoms with Crippen molar-refractivity contribution in [1.29, 1.82) is 0 Å². The van der Waals surface area contributed by atoms with E-state index in [2.05, 4.69) is 0 Å². The average Bonchev–Trinajstić information content (AvgIpc) is 3.53. The zero-order valence-corrected chi connectivity index (χ0v) is 21.3. The Hall–Kier alpha value is -4.76. The van der Waals surface area contributed by atoms with Crippen LogP contribution in [0.3, 0.4) is 0 Å². The lowest BCUT2D eigenvalue weighted by molar-refractivity contribution is -0.113. The van der Waals surface area contributed by atoms with Gasteiger partial charge in [-0.25, -0.2) is 9.79 Å². The van der Waals surface area contributed by atoms with Crippen molar-refractivity contribution >= 4 is 46.3 Å². The summed E-state index contributed by atoms with van der Waals surface area (Å²) in [6.07, 6.45) is 1.66. The second-order valence-electron chi connectivity index (χ2n) is 8.07. The predicted octanol–water partition coefficient (Wildman–Crippen LogP) is 6.47. The first kappa shape index (κ1) is 24.9. The van der Waals surface area contributed by atoms with E-state index in [1.807, 2.05) is 30.3 Å². The second-order valence-corrected chi connectivity index (χ2v) is 9.08. The smallest absolute Gasteiger partial charge is 0.335 e. The largest absolute Gasteiger partial charge is 0.495 e. The standard InChI is InChI=1S/C29H22N2O6S/c1-35-24-9-5-3-7-21(24)30-29-31(22-8-4-6-10-25(22)36-2)27(32)26(38-29)17-20-15-16-23(37-20)18-11-13-19(14-12-18)28(33)34/h3-17H,1-2H3,(H,33,34). The van der Waals surface area contributed by atoms with Crippen LogP contribution < -0.4 is 14.4 Å². The Balaban J connectivity index is 1.53. The molecule has 9 heteroatoms. The van der Waals surface area contributed by atoms with E-state index in [-0.39, 0.29) is 11.5 Å². The number of rotatable bonds is 7. The van der Waals surface area contributed by atoms with E-state index in [0.29, 0.717) is 44.5 Å². The molecule has 2 heterocycles. The Morgan fingerprint density at radius 1 is 0.921 bits per heavy atom. The highest BCUT2D eigenvalue weighted by molar-refractivity contribution is 8.19. The molecule has 4 aromatic rings. The molecule has 1 aromatic heterocycles. The van der Waals surface area contributed by atoms with Gasteiger partial charge in [-0.15, -0.1) is 0 Å². The number of amides is 1. The van der Waals surface area contributed by atoms with Gasteiger partial charge in [0.25, 0.3) is 5.91 Å². The zero-order chi connectivity index (χ0) is 26.6. The minimum absolute atomic E-state index is 0.189. The number of amidine groups is 1. The first-order valence-corrected chi connectivity index (χ1v) is 12.3. The zero-order valence-electron chi connectivity index (χ0n) is 20.5. The number of carboxylic acid groups (broad SMARTS) is 1. The number of nitrogens with zero attached hydrogens (tertiary/aromatic N) is 2. The average molecular weight is 527 g/mol. The van der Waals surface area contributed by atoms with Crippen LogP contribution in [0.2, 0.25) is 0 Å². The number of furan rings is 1. The fraction of sp³-hybridized carbons (Fsp3) is 0.0690. The number of methoxy groups -OCH3 is 2. The molecule has 0 unspecified atom stereocenters. The molecular formula is C29H22N2O6S. The highest BCUT2D eigenvalue weighted by atomic mass is 32.2. The molecule has 1 aliphatic rings. The molecule has 8 nitrogen and oxygen atoms in total. The molecule has 1 amide bonds. The number of para-hydroxylation sites is 4. The number of hydrogen-bond donors (Lipinski definition) is 1. The van der Waals surface area contributed by atoms with Gasteiger partial charge in [0.2, 0.25) is 0 Å². The lowest BCUT2D eigenvalue weighted by Crippen LogP contribution is -2.29. The second kappa shape index (κ2) is 10.7. The molecule has 190 valence electrons. The van der Waals surface area contributed by atoms with Gasteiger partial charge in [0.1, 0.15) is 28.7 Å². The monoisotopic (exact) mass is 526 g/mol. The Kier molecular flexibility index (Phi) is 7.01. The van der Waals surface area contributed by atoms with Gasteiger partial charge in [-0.05, 0) is 60.3 Å². The number of carboxylic acids is 1. The molecule has 0 bridgehead atoms. The minimum atomic E-state index is -0.997. The van der Waals surface area contributed by atoms with Crippen molar-refractivity contribution in [3.8, 4) is 22.8 Å². The van der Waals surface area contributed by atoms with Crippen molar-refractivity contribution in [3.63, 3.8) is 0 Å². The number of hydrogen-bond acceptors (Lipinski definition) is 7. The van der Waals surface area contributed by atoms with Crippen molar-refractivity contribution < 1.29 is 28.6 Å². The van der Waals surface area contributed by atoms with E-state index in [1.165, 1.54) is 28.8 Å². The molecule has 0 spiro atoms. The molecular weight excluding hydrogens is 504 g/mol. The quantitative estimate of drug-likeness (QED) is 0.275. The van der Waals surface area contributed by atoms with Crippen molar-refractivity contribution in [1.82, 2.24) is 0 Å². The summed E-state index contributed by atoms with van der Waals surface area (Å²) >= 11 is 1.21. The molecule has 1 N–H and O–H groups in total. The van der Waals surface area contributed by atoms with Crippen LogP contribution in [0.15, 0.2) is 99.2 Å². The molecule has 0 saturated carbocycles. The minimum Gasteiger partial charge on any atom is -0.495 e. The molecule has 1 saturated heterocycles. The number of benzene rings is 3. The van der Waals surface area contributed by atoms with Crippen LogP contribution in [-0.4, -0.2) is 36.4 Å². The predicted molar refractivity (Wildman–Crippen MR) is 147 cm³/mol. The third kappa shape index (κ3) is 4.91. The Morgan fingerprint density at radius 3 is 2.32 bits per heavy atom. The van der Waals surface area contributed by atoms with E-state index in [9.17, 15) is 9.59 Å². The molecule has 1 fully saturated rings. The topological polar surface area (TPSA) is 102 Å². The SMILES string of the molecule is COc1ccccc1N=C1SC(=Cc2ccc(-c3ccc(C(=O)O)cc3)o2)C(=O)N1c1ccccc1OC. The maximum Gasteiger partial charge on any atom is 0.335 e. The number of ether oxygens (including phenoxy) is 2. The van der Waals surface area contributed by atoms with E-state index in [1.54, 1.807) is 62.8 Å². The highest BCUT2D eigenvalue weighted by Gasteiger charge is 2.36. The molecule has 38 heavy (non-hydrogen) atoms. The third-order valence-electron chi connectivity index (χ3n) is 5.75. The maximum absolute atomic E-state index is 13.7. The number of carbonyl (C=O) groups excluding carboxylic acids is 1. The van der Waals surface area contributed by atoms with Gasteiger partial charge in [-0.3, -0.25) is 9.69 Å². The van der Waals surface area contributed by atoms with Crippen molar-refractivity contribution in [3.05, 3.63) is 101 Å². The number of thioether (sulfide) groups is 1. The number of anilines is 1. The van der Waals surface area contributed by atoms with Gasteiger partial charge in [-0.1, -0.05) is 36.4 Å². The Labute approximate surface area is 222 Å². The van der Waals surface area contributed by atoms with Gasteiger partial charge in [-0.2, -0.15) is 0 Å². The summed E-state index contributed by atoms with van der Waals surface area (Å²) in [5, 5.41) is 9.56. The maximum atomic E-state index is 13.7. The van der Waals surface area contributed by atoms with Gasteiger partial charge in [0, 0.05) is 11.6 Å². The third-order valence-corrected chi connectivity index (χ3v) is 6.72. The first-order chi connectivity index (χ1) is 18.5. The van der Waals surface area contributed by atoms with Gasteiger partial charge >= 0.3 is 5.97 Å². The summed E-state index contributed by atoms with van der Waals surface area (Å²) in [6, 6.07) is 24.5. The van der Waals surface area contributed by atoms with Gasteiger partial charge < -0.3 is 19.0 Å². The van der Waals surface area contributed by atoms with Crippen LogP contribution in [0.25, 0.3) is 17.4 Å². The molecule has 0 aliphatic carbocycles. The van der Waals surface area contributed by atoms with Crippen LogP contribution in [0.1, 0.15) is 16.1 Å². The summed E-state index contributed by atoms with van der Waals surface area (Å²) in [6.45, 7) is 0. The summed E-state index contributed by atoms with van der Waals surface area (Å²) in [4.78, 5) is 31.5. The summed E-state index contributed by atoms with van der Waals surface area (Å²) in [5.41, 5.74) is 2.05. The van der Waals surface area contributed by atoms with E-state index >= 15 is 0 Å². The van der Waals surface area contributed by atoms with Gasteiger partial charge in [0.05, 0.1) is 30.4 Å². The molecule has 3 aromatic carbocycles. The van der Waals surface area contributed by atoms with Gasteiger partial charge in [0.15, 0.2) is 5.17 Å². The number of aromatic carboxylic acids is 1. The molecule has 5 rings (SSSR count). The number of carbonyl (C=O) groups is 2. The molecule has 1 aliphatic heterocycles. The van der Waals surface area contributed by atoms with Crippen molar-refractivity contribution in [2.75, 3.05) is 19.1 Å². The first-order valence-electron chi connectivity index (χ1n) is 11.5. The lowest BCUT2D eigenvalue weighted by Gasteiger charge is -2.18. The summed E-state index contributed by atoms with van der Waals surface area (Å²) in [5.74, 6) is 0.848. The molecule has 0 atom stereocenters. The highest BCUT2D eigenvalue weighted by Crippen LogP contribution is 2.42. The Bertz CT molecular complexity index is 1570. The van der Waals surface area contributed by atoms with Crippen LogP contribution >= 0.6 is 11.8 Å². The molecule has 0 radical (unpaired) electrons. The Morgan fingerprint density at radius 2 is 1.61 bits per heavy atom. The number of aliphatic imine (C=N–C) groups is 1. The van der Waals surface area contributed by atoms with Crippen LogP contribution in [0, 0.1) is 0 Å². The fourth-order valence-corrected chi connectivity index (χ4v) is 4.86. The van der Waals surface area contributed by atoms with E-state index in [4.69, 9.17) is 24.0 Å².